The number of nitrogens with zero attached hydrogens (tertiary/aromatic N) is 1. The summed E-state index contributed by atoms with van der Waals surface area (Å²) in [6.07, 6.45) is 6.97. The molecule has 2 aliphatic heterocycles. The van der Waals surface area contributed by atoms with Crippen LogP contribution in [0.5, 0.6) is 0 Å². The molecule has 1 fully saturated rings. The smallest absolute Gasteiger partial charge is 0.0931 e. The normalized spacial score (nSPS) is 23.1. The summed E-state index contributed by atoms with van der Waals surface area (Å²) in [5, 5.41) is 5.12. The van der Waals surface area contributed by atoms with Gasteiger partial charge in [-0.3, -0.25) is 4.98 Å². The Hall–Kier alpha value is -0.833. The van der Waals surface area contributed by atoms with Gasteiger partial charge < -0.3 is 5.32 Å². The zero-order chi connectivity index (χ0) is 9.43. The quantitative estimate of drug-likeness (QED) is 0.653. The number of rotatable bonds is 0. The molecule has 1 spiro atoms. The molecule has 14 heavy (non-hydrogen) atoms. The van der Waals surface area contributed by atoms with E-state index in [0.717, 1.165) is 0 Å². The second-order valence-electron chi connectivity index (χ2n) is 4.59. The summed E-state index contributed by atoms with van der Waals surface area (Å²) >= 11 is 0. The molecule has 74 valence electrons. The van der Waals surface area contributed by atoms with Gasteiger partial charge in [0.1, 0.15) is 0 Å². The van der Waals surface area contributed by atoms with Crippen LogP contribution in [-0.4, -0.2) is 19.6 Å². The average molecular weight is 204 g/mol. The van der Waals surface area contributed by atoms with Crippen molar-refractivity contribution in [2.45, 2.75) is 31.0 Å². The van der Waals surface area contributed by atoms with Crippen molar-refractivity contribution in [3.63, 3.8) is 0 Å². The predicted octanol–water partition coefficient (Wildman–Crippen LogP) is 1.96. The topological polar surface area (TPSA) is 24.9 Å². The molecule has 3 heteroatoms. The van der Waals surface area contributed by atoms with Crippen molar-refractivity contribution in [1.82, 2.24) is 4.98 Å². The molecular formula is C11H16N2Si. The highest BCUT2D eigenvalue weighted by Gasteiger charge is 2.41. The van der Waals surface area contributed by atoms with E-state index in [1.807, 2.05) is 6.20 Å². The van der Waals surface area contributed by atoms with Crippen molar-refractivity contribution >= 4 is 18.9 Å². The molecule has 1 aromatic rings. The van der Waals surface area contributed by atoms with Crippen LogP contribution >= 0.6 is 0 Å². The largest absolute Gasteiger partial charge is 0.385 e. The first kappa shape index (κ1) is 8.47. The molecule has 2 nitrogen and oxygen atoms in total. The molecule has 1 aromatic heterocycles. The van der Waals surface area contributed by atoms with Crippen molar-refractivity contribution < 1.29 is 0 Å². The van der Waals surface area contributed by atoms with Crippen molar-refractivity contribution in [2.75, 3.05) is 11.9 Å². The Bertz CT molecular complexity index is 345. The van der Waals surface area contributed by atoms with Crippen molar-refractivity contribution in [1.29, 1.82) is 0 Å². The highest BCUT2D eigenvalue weighted by molar-refractivity contribution is 6.93. The van der Waals surface area contributed by atoms with Gasteiger partial charge >= 0.3 is 0 Å². The van der Waals surface area contributed by atoms with Gasteiger partial charge in [-0.25, -0.2) is 0 Å². The second kappa shape index (κ2) is 3.09. The lowest BCUT2D eigenvalue weighted by Crippen LogP contribution is -2.50. The first-order valence-corrected chi connectivity index (χ1v) is 8.21. The Balaban J connectivity index is 2.10. The SMILES string of the molecule is c1cc2c(cn1)[Si]1(CCCC1)CCN2. The van der Waals surface area contributed by atoms with Crippen LogP contribution in [-0.2, 0) is 0 Å². The van der Waals surface area contributed by atoms with Gasteiger partial charge in [-0.2, -0.15) is 0 Å². The van der Waals surface area contributed by atoms with Gasteiger partial charge in [-0.15, -0.1) is 0 Å². The zero-order valence-corrected chi connectivity index (χ0v) is 9.42. The first-order valence-electron chi connectivity index (χ1n) is 5.59. The second-order valence-corrected chi connectivity index (χ2v) is 9.18. The fourth-order valence-corrected chi connectivity index (χ4v) is 8.22. The number of nitrogens with one attached hydrogen (secondary N) is 1. The summed E-state index contributed by atoms with van der Waals surface area (Å²) in [4.78, 5) is 4.31. The average Bonchev–Trinajstić information content (AvgIpc) is 2.68. The van der Waals surface area contributed by atoms with Gasteiger partial charge in [0.05, 0.1) is 8.07 Å². The van der Waals surface area contributed by atoms with Crippen LogP contribution < -0.4 is 10.5 Å². The van der Waals surface area contributed by atoms with Gasteiger partial charge in [0.15, 0.2) is 0 Å². The number of aromatic nitrogens is 1. The number of hydrogen-bond donors (Lipinski definition) is 1. The van der Waals surface area contributed by atoms with Crippen LogP contribution in [0, 0.1) is 0 Å². The molecule has 0 saturated carbocycles. The fraction of sp³-hybridized carbons (Fsp3) is 0.545. The van der Waals surface area contributed by atoms with Crippen molar-refractivity contribution in [2.24, 2.45) is 0 Å². The minimum atomic E-state index is -1.07. The van der Waals surface area contributed by atoms with Crippen LogP contribution in [0.25, 0.3) is 0 Å². The Morgan fingerprint density at radius 1 is 1.21 bits per heavy atom. The fourth-order valence-electron chi connectivity index (χ4n) is 3.11. The molecule has 0 unspecified atom stereocenters. The van der Waals surface area contributed by atoms with E-state index >= 15 is 0 Å². The molecule has 3 heterocycles. The zero-order valence-electron chi connectivity index (χ0n) is 8.42. The number of hydrogen-bond acceptors (Lipinski definition) is 2. The van der Waals surface area contributed by atoms with Crippen molar-refractivity contribution in [3.05, 3.63) is 18.5 Å². The summed E-state index contributed by atoms with van der Waals surface area (Å²) < 4.78 is 0. The minimum absolute atomic E-state index is 1.07. The lowest BCUT2D eigenvalue weighted by molar-refractivity contribution is 0.935. The molecule has 0 atom stereocenters. The van der Waals surface area contributed by atoms with Gasteiger partial charge in [0.2, 0.25) is 0 Å². The molecule has 0 aromatic carbocycles. The molecule has 1 saturated heterocycles. The van der Waals surface area contributed by atoms with E-state index in [4.69, 9.17) is 0 Å². The summed E-state index contributed by atoms with van der Waals surface area (Å²) in [7, 11) is -1.07. The Morgan fingerprint density at radius 2 is 2.07 bits per heavy atom. The van der Waals surface area contributed by atoms with Crippen LogP contribution in [0.2, 0.25) is 18.1 Å². The molecule has 0 bridgehead atoms. The molecule has 3 rings (SSSR count). The van der Waals surface area contributed by atoms with Crippen LogP contribution in [0.3, 0.4) is 0 Å². The number of fused-ring (bicyclic) bond motifs is 2. The van der Waals surface area contributed by atoms with E-state index in [1.165, 1.54) is 43.2 Å². The van der Waals surface area contributed by atoms with E-state index < -0.39 is 8.07 Å². The summed E-state index contributed by atoms with van der Waals surface area (Å²) in [6, 6.07) is 6.61. The van der Waals surface area contributed by atoms with E-state index in [1.54, 1.807) is 5.19 Å². The molecular weight excluding hydrogens is 188 g/mol. The van der Waals surface area contributed by atoms with Gasteiger partial charge in [-0.05, 0) is 17.3 Å². The highest BCUT2D eigenvalue weighted by atomic mass is 28.3. The molecule has 2 aliphatic rings. The Kier molecular flexibility index (Phi) is 1.87. The third-order valence-corrected chi connectivity index (χ3v) is 9.24. The number of anilines is 1. The number of pyridine rings is 1. The van der Waals surface area contributed by atoms with Crippen LogP contribution in [0.1, 0.15) is 12.8 Å². The first-order chi connectivity index (χ1) is 6.91. The highest BCUT2D eigenvalue weighted by Crippen LogP contribution is 2.36. The predicted molar refractivity (Wildman–Crippen MR) is 61.8 cm³/mol. The van der Waals surface area contributed by atoms with Crippen molar-refractivity contribution in [3.8, 4) is 0 Å². The maximum atomic E-state index is 4.31. The van der Waals surface area contributed by atoms with Crippen LogP contribution in [0.15, 0.2) is 18.5 Å². The van der Waals surface area contributed by atoms with Gasteiger partial charge in [0.25, 0.3) is 0 Å². The summed E-state index contributed by atoms with van der Waals surface area (Å²) in [6.45, 7) is 1.20. The van der Waals surface area contributed by atoms with E-state index in [0.29, 0.717) is 0 Å². The van der Waals surface area contributed by atoms with Gasteiger partial charge in [-0.1, -0.05) is 24.9 Å². The van der Waals surface area contributed by atoms with E-state index in [-0.39, 0.29) is 0 Å². The van der Waals surface area contributed by atoms with E-state index in [2.05, 4.69) is 22.6 Å². The van der Waals surface area contributed by atoms with Gasteiger partial charge in [0, 0.05) is 24.6 Å². The maximum absolute atomic E-state index is 4.31. The lowest BCUT2D eigenvalue weighted by atomic mass is 10.4. The molecule has 1 N–H and O–H groups in total. The lowest BCUT2D eigenvalue weighted by Gasteiger charge is -2.33. The standard InChI is InChI=1S/C11H16N2Si/c1-2-7-14(6-1)8-5-13-10-3-4-12-9-11(10)14/h3-4,9,13H,1-2,5-8H2. The Morgan fingerprint density at radius 3 is 2.93 bits per heavy atom. The van der Waals surface area contributed by atoms with E-state index in [9.17, 15) is 0 Å². The summed E-state index contributed by atoms with van der Waals surface area (Å²) in [5.41, 5.74) is 1.39. The summed E-state index contributed by atoms with van der Waals surface area (Å²) in [5.74, 6) is 0. The monoisotopic (exact) mass is 204 g/mol. The third-order valence-electron chi connectivity index (χ3n) is 3.87. The molecule has 0 amide bonds. The molecule has 0 radical (unpaired) electrons. The minimum Gasteiger partial charge on any atom is -0.385 e. The van der Waals surface area contributed by atoms with Crippen LogP contribution in [0.4, 0.5) is 5.69 Å². The maximum Gasteiger partial charge on any atom is 0.0931 e. The Labute approximate surface area is 85.8 Å². The molecule has 0 aliphatic carbocycles. The third kappa shape index (κ3) is 1.12.